The van der Waals surface area contributed by atoms with E-state index in [2.05, 4.69) is 14.9 Å². The van der Waals surface area contributed by atoms with Crippen LogP contribution in [0.1, 0.15) is 29.9 Å². The number of rotatable bonds is 9. The lowest BCUT2D eigenvalue weighted by atomic mass is 10.2. The largest absolute Gasteiger partial charge is 0.490 e. The number of hydrogen-bond donors (Lipinski definition) is 1. The molecule has 0 saturated carbocycles. The first-order valence-corrected chi connectivity index (χ1v) is 9.00. The van der Waals surface area contributed by atoms with Gasteiger partial charge in [0.05, 0.1) is 13.2 Å². The van der Waals surface area contributed by atoms with Crippen LogP contribution in [0.2, 0.25) is 4.34 Å². The zero-order valence-electron chi connectivity index (χ0n) is 14.3. The second-order valence-electron chi connectivity index (χ2n) is 4.86. The first-order chi connectivity index (χ1) is 12.5. The van der Waals surface area contributed by atoms with E-state index in [1.54, 1.807) is 18.2 Å². The van der Waals surface area contributed by atoms with E-state index in [4.69, 9.17) is 25.8 Å². The monoisotopic (exact) mass is 399 g/mol. The van der Waals surface area contributed by atoms with Crippen LogP contribution in [-0.4, -0.2) is 41.2 Å². The van der Waals surface area contributed by atoms with E-state index in [-0.39, 0.29) is 13.2 Å². The van der Waals surface area contributed by atoms with Gasteiger partial charge in [0, 0.05) is 17.1 Å². The van der Waals surface area contributed by atoms with Gasteiger partial charge in [-0.2, -0.15) is 0 Å². The molecule has 0 fully saturated rings. The summed E-state index contributed by atoms with van der Waals surface area (Å²) < 4.78 is 19.9. The summed E-state index contributed by atoms with van der Waals surface area (Å²) in [5.74, 6) is -0.0213. The van der Waals surface area contributed by atoms with Crippen LogP contribution in [0.4, 0.5) is 0 Å². The molecule has 140 valence electrons. The third-order valence-corrected chi connectivity index (χ3v) is 4.06. The molecular weight excluding hydrogens is 382 g/mol. The van der Waals surface area contributed by atoms with Crippen molar-refractivity contribution >= 4 is 35.0 Å². The normalized spacial score (nSPS) is 10.3. The molecular formula is C16H18ClN3O5S. The highest BCUT2D eigenvalue weighted by molar-refractivity contribution is 7.10. The number of halogens is 1. The number of benzene rings is 1. The Hall–Kier alpha value is -2.39. The Balaban J connectivity index is 1.89. The van der Waals surface area contributed by atoms with Gasteiger partial charge >= 0.3 is 5.97 Å². The van der Waals surface area contributed by atoms with Crippen molar-refractivity contribution in [2.45, 2.75) is 20.5 Å². The smallest absolute Gasteiger partial charge is 0.325 e. The number of nitrogens with zero attached hydrogens (tertiary/aromatic N) is 2. The molecule has 1 aromatic heterocycles. The summed E-state index contributed by atoms with van der Waals surface area (Å²) in [5, 5.41) is 6.22. The van der Waals surface area contributed by atoms with Crippen LogP contribution in [0.5, 0.6) is 11.5 Å². The summed E-state index contributed by atoms with van der Waals surface area (Å²) in [6.45, 7) is 4.23. The first kappa shape index (κ1) is 19.9. The average Bonchev–Trinajstić information content (AvgIpc) is 3.04. The standard InChI is InChI=1S/C16H18ClN3O5S/c1-3-23-12-6-5-10(7-13(12)24-4-2)16(22)18-8-14(21)25-9-11-15(17)26-20-19-11/h5-7H,3-4,8-9H2,1-2H3,(H,18,22). The molecule has 2 rings (SSSR count). The Morgan fingerprint density at radius 3 is 2.58 bits per heavy atom. The molecule has 1 aromatic carbocycles. The van der Waals surface area contributed by atoms with Gasteiger partial charge in [-0.25, -0.2) is 0 Å². The molecule has 0 saturated heterocycles. The van der Waals surface area contributed by atoms with E-state index >= 15 is 0 Å². The Morgan fingerprint density at radius 2 is 1.92 bits per heavy atom. The molecule has 10 heteroatoms. The highest BCUT2D eigenvalue weighted by atomic mass is 35.5. The van der Waals surface area contributed by atoms with Crippen LogP contribution in [0.15, 0.2) is 18.2 Å². The lowest BCUT2D eigenvalue weighted by molar-refractivity contribution is -0.143. The summed E-state index contributed by atoms with van der Waals surface area (Å²) in [6.07, 6.45) is 0. The molecule has 1 N–H and O–H groups in total. The van der Waals surface area contributed by atoms with Gasteiger partial charge in [-0.15, -0.1) is 5.10 Å². The molecule has 2 aromatic rings. The zero-order valence-corrected chi connectivity index (χ0v) is 15.9. The fourth-order valence-corrected chi connectivity index (χ4v) is 2.53. The minimum absolute atomic E-state index is 0.0957. The number of aromatic nitrogens is 2. The molecule has 1 amide bonds. The number of amides is 1. The van der Waals surface area contributed by atoms with Crippen molar-refractivity contribution in [2.24, 2.45) is 0 Å². The minimum atomic E-state index is -0.613. The summed E-state index contributed by atoms with van der Waals surface area (Å²) in [6, 6.07) is 4.81. The summed E-state index contributed by atoms with van der Waals surface area (Å²) in [4.78, 5) is 23.9. The zero-order chi connectivity index (χ0) is 18.9. The Kier molecular flexibility index (Phi) is 7.61. The van der Waals surface area contributed by atoms with Crippen molar-refractivity contribution in [3.8, 4) is 11.5 Å². The predicted molar refractivity (Wildman–Crippen MR) is 95.8 cm³/mol. The maximum atomic E-state index is 12.2. The summed E-state index contributed by atoms with van der Waals surface area (Å²) in [5.41, 5.74) is 0.723. The molecule has 1 heterocycles. The van der Waals surface area contributed by atoms with E-state index < -0.39 is 11.9 Å². The van der Waals surface area contributed by atoms with Gasteiger partial charge < -0.3 is 19.5 Å². The number of esters is 1. The van der Waals surface area contributed by atoms with Crippen LogP contribution in [0, 0.1) is 0 Å². The molecule has 0 radical (unpaired) electrons. The number of carbonyl (C=O) groups is 2. The van der Waals surface area contributed by atoms with E-state index in [1.807, 2.05) is 13.8 Å². The van der Waals surface area contributed by atoms with E-state index in [0.717, 1.165) is 11.5 Å². The predicted octanol–water partition coefficient (Wildman–Crippen LogP) is 2.46. The Labute approximate surface area is 159 Å². The number of nitrogens with one attached hydrogen (secondary N) is 1. The molecule has 8 nitrogen and oxygen atoms in total. The van der Waals surface area contributed by atoms with E-state index in [0.29, 0.717) is 40.3 Å². The van der Waals surface area contributed by atoms with E-state index in [9.17, 15) is 9.59 Å². The van der Waals surface area contributed by atoms with Gasteiger partial charge in [-0.3, -0.25) is 9.59 Å². The van der Waals surface area contributed by atoms with Crippen molar-refractivity contribution < 1.29 is 23.8 Å². The van der Waals surface area contributed by atoms with Crippen molar-refractivity contribution in [3.63, 3.8) is 0 Å². The number of hydrogen-bond acceptors (Lipinski definition) is 8. The third-order valence-electron chi connectivity index (χ3n) is 3.08. The van der Waals surface area contributed by atoms with E-state index in [1.165, 1.54) is 0 Å². The molecule has 0 aliphatic carbocycles. The van der Waals surface area contributed by atoms with Gasteiger partial charge in [-0.05, 0) is 32.0 Å². The molecule has 0 aliphatic heterocycles. The van der Waals surface area contributed by atoms with Gasteiger partial charge in [0.2, 0.25) is 0 Å². The lowest BCUT2D eigenvalue weighted by Gasteiger charge is -2.12. The topological polar surface area (TPSA) is 99.6 Å². The van der Waals surface area contributed by atoms with Crippen LogP contribution in [0.3, 0.4) is 0 Å². The van der Waals surface area contributed by atoms with Crippen LogP contribution in [0.25, 0.3) is 0 Å². The highest BCUT2D eigenvalue weighted by Crippen LogP contribution is 2.28. The molecule has 0 aliphatic rings. The summed E-state index contributed by atoms with van der Waals surface area (Å²) >= 11 is 6.82. The molecule has 0 spiro atoms. The van der Waals surface area contributed by atoms with Gasteiger partial charge in [0.1, 0.15) is 23.2 Å². The maximum Gasteiger partial charge on any atom is 0.325 e. The minimum Gasteiger partial charge on any atom is -0.490 e. The number of ether oxygens (including phenoxy) is 3. The maximum absolute atomic E-state index is 12.2. The molecule has 0 bridgehead atoms. The average molecular weight is 400 g/mol. The second kappa shape index (κ2) is 9.93. The SMILES string of the molecule is CCOc1ccc(C(=O)NCC(=O)OCc2nnsc2Cl)cc1OCC. The van der Waals surface area contributed by atoms with Gasteiger partial charge in [0.25, 0.3) is 5.91 Å². The molecule has 26 heavy (non-hydrogen) atoms. The van der Waals surface area contributed by atoms with Crippen LogP contribution in [-0.2, 0) is 16.1 Å². The fraction of sp³-hybridized carbons (Fsp3) is 0.375. The molecule has 0 atom stereocenters. The number of carbonyl (C=O) groups excluding carboxylic acids is 2. The first-order valence-electron chi connectivity index (χ1n) is 7.85. The third kappa shape index (κ3) is 5.57. The van der Waals surface area contributed by atoms with Gasteiger partial charge in [-0.1, -0.05) is 16.1 Å². The fourth-order valence-electron chi connectivity index (χ4n) is 1.93. The Morgan fingerprint density at radius 1 is 1.19 bits per heavy atom. The Bertz CT molecular complexity index is 768. The van der Waals surface area contributed by atoms with Crippen molar-refractivity contribution in [3.05, 3.63) is 33.8 Å². The molecule has 0 unspecified atom stereocenters. The quantitative estimate of drug-likeness (QED) is 0.646. The second-order valence-corrected chi connectivity index (χ2v) is 6.22. The van der Waals surface area contributed by atoms with Crippen molar-refractivity contribution in [2.75, 3.05) is 19.8 Å². The lowest BCUT2D eigenvalue weighted by Crippen LogP contribution is -2.30. The van der Waals surface area contributed by atoms with Crippen molar-refractivity contribution in [1.82, 2.24) is 14.9 Å². The highest BCUT2D eigenvalue weighted by Gasteiger charge is 2.14. The van der Waals surface area contributed by atoms with Crippen LogP contribution < -0.4 is 14.8 Å². The van der Waals surface area contributed by atoms with Gasteiger partial charge in [0.15, 0.2) is 11.5 Å². The van der Waals surface area contributed by atoms with Crippen molar-refractivity contribution in [1.29, 1.82) is 0 Å². The van der Waals surface area contributed by atoms with Crippen LogP contribution >= 0.6 is 23.1 Å². The summed E-state index contributed by atoms with van der Waals surface area (Å²) in [7, 11) is 0.